The third kappa shape index (κ3) is 2.49. The molecule has 0 spiro atoms. The molecule has 1 N–H and O–H groups in total. The molecule has 6 heteroatoms. The van der Waals surface area contributed by atoms with Crippen molar-refractivity contribution in [3.05, 3.63) is 62.2 Å². The minimum Gasteiger partial charge on any atom is -0.377 e. The van der Waals surface area contributed by atoms with Gasteiger partial charge in [-0.3, -0.25) is 13.9 Å². The van der Waals surface area contributed by atoms with Crippen LogP contribution in [0.2, 0.25) is 0 Å². The van der Waals surface area contributed by atoms with E-state index in [-0.39, 0.29) is 17.9 Å². The van der Waals surface area contributed by atoms with Crippen LogP contribution < -0.4 is 16.6 Å². The van der Waals surface area contributed by atoms with Crippen molar-refractivity contribution in [2.75, 3.05) is 5.32 Å². The molecule has 0 atom stereocenters. The van der Waals surface area contributed by atoms with E-state index < -0.39 is 5.69 Å². The molecule has 5 nitrogen and oxygen atoms in total. The predicted molar refractivity (Wildman–Crippen MR) is 75.4 cm³/mol. The number of hydrogen-bond acceptors (Lipinski definition) is 3. The van der Waals surface area contributed by atoms with E-state index in [2.05, 4.69) is 5.32 Å². The molecule has 20 heavy (non-hydrogen) atoms. The predicted octanol–water partition coefficient (Wildman–Crippen LogP) is 1.14. The number of nitrogens with one attached hydrogen (secondary N) is 1. The molecule has 0 saturated carbocycles. The second-order valence-electron chi connectivity index (χ2n) is 4.66. The van der Waals surface area contributed by atoms with E-state index in [9.17, 15) is 14.0 Å². The van der Waals surface area contributed by atoms with E-state index >= 15 is 0 Å². The van der Waals surface area contributed by atoms with Crippen LogP contribution in [0.3, 0.4) is 0 Å². The van der Waals surface area contributed by atoms with Crippen LogP contribution in [0.4, 0.5) is 10.1 Å². The summed E-state index contributed by atoms with van der Waals surface area (Å²) in [5.41, 5.74) is 0.856. The number of benzene rings is 1. The third-order valence-electron chi connectivity index (χ3n) is 3.29. The Labute approximate surface area is 115 Å². The summed E-state index contributed by atoms with van der Waals surface area (Å²) in [6, 6.07) is 6.14. The van der Waals surface area contributed by atoms with Gasteiger partial charge in [-0.1, -0.05) is 12.1 Å². The van der Waals surface area contributed by atoms with Gasteiger partial charge in [0, 0.05) is 25.9 Å². The first-order valence-corrected chi connectivity index (χ1v) is 6.16. The monoisotopic (exact) mass is 277 g/mol. The molecule has 0 aliphatic heterocycles. The maximum absolute atomic E-state index is 13.7. The van der Waals surface area contributed by atoms with Crippen molar-refractivity contribution in [3.63, 3.8) is 0 Å². The molecule has 106 valence electrons. The topological polar surface area (TPSA) is 56.0 Å². The Bertz CT molecular complexity index is 742. The summed E-state index contributed by atoms with van der Waals surface area (Å²) in [6.45, 7) is 1.98. The lowest BCUT2D eigenvalue weighted by atomic mass is 10.2. The number of rotatable bonds is 3. The zero-order valence-electron chi connectivity index (χ0n) is 11.6. The molecule has 1 aromatic carbocycles. The van der Waals surface area contributed by atoms with Crippen LogP contribution in [0.1, 0.15) is 11.3 Å². The molecule has 2 aromatic rings. The van der Waals surface area contributed by atoms with Gasteiger partial charge in [0.2, 0.25) is 0 Å². The standard InChI is InChI=1S/C14H16FN3O2/c1-9-5-4-6-11(15)13(9)16-8-10-7-12(19)18(3)14(20)17(10)2/h4-7,16H,8H2,1-3H3. The van der Waals surface area contributed by atoms with Crippen molar-refractivity contribution in [2.24, 2.45) is 14.1 Å². The molecule has 1 heterocycles. The Kier molecular flexibility index (Phi) is 3.74. The Morgan fingerprint density at radius 2 is 1.90 bits per heavy atom. The first-order valence-electron chi connectivity index (χ1n) is 6.16. The Balaban J connectivity index is 2.33. The number of aromatic nitrogens is 2. The molecule has 0 saturated heterocycles. The van der Waals surface area contributed by atoms with Crippen LogP contribution >= 0.6 is 0 Å². The molecule has 0 aliphatic carbocycles. The van der Waals surface area contributed by atoms with E-state index in [1.54, 1.807) is 26.1 Å². The number of anilines is 1. The molecule has 0 bridgehead atoms. The van der Waals surface area contributed by atoms with Crippen molar-refractivity contribution in [2.45, 2.75) is 13.5 Å². The first kappa shape index (κ1) is 14.0. The highest BCUT2D eigenvalue weighted by molar-refractivity contribution is 5.51. The van der Waals surface area contributed by atoms with Crippen molar-refractivity contribution < 1.29 is 4.39 Å². The average Bonchev–Trinajstić information content (AvgIpc) is 2.41. The van der Waals surface area contributed by atoms with Crippen LogP contribution in [0.15, 0.2) is 33.9 Å². The molecule has 0 fully saturated rings. The van der Waals surface area contributed by atoms with E-state index in [1.165, 1.54) is 23.7 Å². The van der Waals surface area contributed by atoms with Crippen molar-refractivity contribution in [1.82, 2.24) is 9.13 Å². The molecular weight excluding hydrogens is 261 g/mol. The Hall–Kier alpha value is -2.37. The summed E-state index contributed by atoms with van der Waals surface area (Å²) in [5, 5.41) is 2.93. The summed E-state index contributed by atoms with van der Waals surface area (Å²) in [6.07, 6.45) is 0. The fraction of sp³-hybridized carbons (Fsp3) is 0.286. The van der Waals surface area contributed by atoms with Crippen LogP contribution in [-0.4, -0.2) is 9.13 Å². The lowest BCUT2D eigenvalue weighted by Crippen LogP contribution is -2.38. The van der Waals surface area contributed by atoms with E-state index in [1.807, 2.05) is 0 Å². The molecule has 2 rings (SSSR count). The van der Waals surface area contributed by atoms with E-state index in [4.69, 9.17) is 0 Å². The summed E-state index contributed by atoms with van der Waals surface area (Å²) < 4.78 is 16.1. The summed E-state index contributed by atoms with van der Waals surface area (Å²) >= 11 is 0. The minimum absolute atomic E-state index is 0.198. The van der Waals surface area contributed by atoms with Crippen molar-refractivity contribution in [1.29, 1.82) is 0 Å². The zero-order chi connectivity index (χ0) is 14.9. The van der Waals surface area contributed by atoms with Crippen LogP contribution in [0, 0.1) is 12.7 Å². The number of para-hydroxylation sites is 1. The van der Waals surface area contributed by atoms with E-state index in [0.29, 0.717) is 11.4 Å². The highest BCUT2D eigenvalue weighted by atomic mass is 19.1. The SMILES string of the molecule is Cc1cccc(F)c1NCc1cc(=O)n(C)c(=O)n1C. The van der Waals surface area contributed by atoms with E-state index in [0.717, 1.165) is 10.1 Å². The normalized spacial score (nSPS) is 10.6. The molecule has 0 aliphatic rings. The van der Waals surface area contributed by atoms with Gasteiger partial charge in [0.05, 0.1) is 12.2 Å². The van der Waals surface area contributed by atoms with Gasteiger partial charge >= 0.3 is 5.69 Å². The molecule has 1 aromatic heterocycles. The third-order valence-corrected chi connectivity index (χ3v) is 3.29. The van der Waals surface area contributed by atoms with Crippen molar-refractivity contribution in [3.8, 4) is 0 Å². The summed E-state index contributed by atoms with van der Waals surface area (Å²) in [5.74, 6) is -0.362. The molecule has 0 radical (unpaired) electrons. The van der Waals surface area contributed by atoms with Gasteiger partial charge < -0.3 is 5.32 Å². The van der Waals surface area contributed by atoms with Gasteiger partial charge in [-0.05, 0) is 18.6 Å². The number of hydrogen-bond donors (Lipinski definition) is 1. The second kappa shape index (κ2) is 5.32. The Morgan fingerprint density at radius 1 is 1.20 bits per heavy atom. The van der Waals surface area contributed by atoms with Gasteiger partial charge in [0.1, 0.15) is 5.82 Å². The fourth-order valence-electron chi connectivity index (χ4n) is 1.98. The minimum atomic E-state index is -0.403. The zero-order valence-corrected chi connectivity index (χ0v) is 11.6. The second-order valence-corrected chi connectivity index (χ2v) is 4.66. The van der Waals surface area contributed by atoms with Crippen molar-refractivity contribution >= 4 is 5.69 Å². The van der Waals surface area contributed by atoms with Crippen LogP contribution in [0.5, 0.6) is 0 Å². The smallest absolute Gasteiger partial charge is 0.330 e. The number of aryl methyl sites for hydroxylation is 1. The van der Waals surface area contributed by atoms with Gasteiger partial charge in [-0.15, -0.1) is 0 Å². The van der Waals surface area contributed by atoms with Gasteiger partial charge in [-0.2, -0.15) is 0 Å². The summed E-state index contributed by atoms with van der Waals surface area (Å²) in [7, 11) is 3.00. The average molecular weight is 277 g/mol. The largest absolute Gasteiger partial charge is 0.377 e. The first-order chi connectivity index (χ1) is 9.41. The fourth-order valence-corrected chi connectivity index (χ4v) is 1.98. The lowest BCUT2D eigenvalue weighted by Gasteiger charge is -2.13. The quantitative estimate of drug-likeness (QED) is 0.915. The molecular formula is C14H16FN3O2. The molecule has 0 unspecified atom stereocenters. The van der Waals surface area contributed by atoms with Gasteiger partial charge in [0.15, 0.2) is 0 Å². The lowest BCUT2D eigenvalue weighted by molar-refractivity contribution is 0.626. The Morgan fingerprint density at radius 3 is 2.55 bits per heavy atom. The number of nitrogens with zero attached hydrogens (tertiary/aromatic N) is 2. The maximum Gasteiger partial charge on any atom is 0.330 e. The van der Waals surface area contributed by atoms with Crippen LogP contribution in [-0.2, 0) is 20.6 Å². The maximum atomic E-state index is 13.7. The van der Waals surface area contributed by atoms with Gasteiger partial charge in [-0.25, -0.2) is 9.18 Å². The van der Waals surface area contributed by atoms with Crippen LogP contribution in [0.25, 0.3) is 0 Å². The highest BCUT2D eigenvalue weighted by Crippen LogP contribution is 2.19. The van der Waals surface area contributed by atoms with Gasteiger partial charge in [0.25, 0.3) is 5.56 Å². The number of halogens is 1. The molecule has 0 amide bonds. The highest BCUT2D eigenvalue weighted by Gasteiger charge is 2.08. The summed E-state index contributed by atoms with van der Waals surface area (Å²) in [4.78, 5) is 23.4.